The van der Waals surface area contributed by atoms with Crippen molar-refractivity contribution < 1.29 is 10.3 Å². The van der Waals surface area contributed by atoms with Gasteiger partial charge in [0.1, 0.15) is 11.2 Å². The summed E-state index contributed by atoms with van der Waals surface area (Å²) in [6.07, 6.45) is 5.77. The van der Waals surface area contributed by atoms with Crippen molar-refractivity contribution >= 4 is 17.3 Å². The average molecular weight is 286 g/mol. The third-order valence-corrected chi connectivity index (χ3v) is 4.45. The largest absolute Gasteiger partial charge is 0.372 e. The zero-order chi connectivity index (χ0) is 14.7. The zero-order valence-corrected chi connectivity index (χ0v) is 12.3. The molecule has 3 rings (SSSR count). The Balaban J connectivity index is 1.88. The van der Waals surface area contributed by atoms with Gasteiger partial charge < -0.3 is 9.80 Å². The van der Waals surface area contributed by atoms with Crippen LogP contribution in [0.15, 0.2) is 23.3 Å². The van der Waals surface area contributed by atoms with Crippen molar-refractivity contribution in [3.05, 3.63) is 23.8 Å². The molecule has 2 heterocycles. The molecule has 1 radical (unpaired) electrons. The van der Waals surface area contributed by atoms with Crippen molar-refractivity contribution in [3.63, 3.8) is 0 Å². The fourth-order valence-corrected chi connectivity index (χ4v) is 3.23. The Bertz CT molecular complexity index is 531. The highest BCUT2D eigenvalue weighted by Gasteiger charge is 2.23. The Morgan fingerprint density at radius 3 is 2.33 bits per heavy atom. The van der Waals surface area contributed by atoms with Crippen LogP contribution in [-0.2, 0) is 0 Å². The lowest BCUT2D eigenvalue weighted by molar-refractivity contribution is -0.210. The first kappa shape index (κ1) is 14.0. The minimum absolute atomic E-state index is 0.0294. The topological polar surface area (TPSA) is 59.7 Å². The summed E-state index contributed by atoms with van der Waals surface area (Å²) in [5.41, 5.74) is 9.46. The van der Waals surface area contributed by atoms with E-state index in [1.165, 1.54) is 19.3 Å². The minimum Gasteiger partial charge on any atom is -0.372 e. The maximum Gasteiger partial charge on any atom is 0.256 e. The van der Waals surface area contributed by atoms with Gasteiger partial charge in [0.15, 0.2) is 0 Å². The molecule has 1 N–H and O–H groups in total. The van der Waals surface area contributed by atoms with Gasteiger partial charge in [-0.15, -0.1) is 0 Å². The van der Waals surface area contributed by atoms with Crippen LogP contribution in [0.3, 0.4) is 0 Å². The molecule has 0 spiro atoms. The van der Waals surface area contributed by atoms with Crippen LogP contribution < -0.4 is 10.4 Å². The molecule has 0 aromatic heterocycles. The Morgan fingerprint density at radius 2 is 1.67 bits per heavy atom. The van der Waals surface area contributed by atoms with E-state index >= 15 is 0 Å². The maximum atomic E-state index is 12.7. The van der Waals surface area contributed by atoms with E-state index in [1.807, 2.05) is 17.0 Å². The number of amides is 1. The second kappa shape index (κ2) is 6.24. The van der Waals surface area contributed by atoms with Crippen molar-refractivity contribution in [2.75, 3.05) is 31.1 Å². The number of piperidine rings is 1. The number of carbonyl (C=O) groups excluding carboxylic acids is 1. The lowest BCUT2D eigenvalue weighted by Crippen LogP contribution is -2.36. The van der Waals surface area contributed by atoms with Gasteiger partial charge >= 0.3 is 0 Å². The van der Waals surface area contributed by atoms with E-state index < -0.39 is 0 Å². The molecule has 0 bridgehead atoms. The molecule has 0 atom stereocenters. The summed E-state index contributed by atoms with van der Waals surface area (Å²) in [5, 5.41) is 3.54. The van der Waals surface area contributed by atoms with Gasteiger partial charge in [0.2, 0.25) is 0 Å². The highest BCUT2D eigenvalue weighted by atomic mass is 16.2. The smallest absolute Gasteiger partial charge is 0.256 e. The number of nitrogens with one attached hydrogen (secondary N) is 1. The standard InChI is InChI=1S/C16H22N4O/c17-18-15-7-6-13(19-8-4-5-9-19)12-14(15)16(21)20-10-2-1-3-11-20/h6-7,12,17H,1-5,8-11H2/q+1. The fraction of sp³-hybridized carbons (Fsp3) is 0.562. The molecule has 2 aliphatic rings. The summed E-state index contributed by atoms with van der Waals surface area (Å²) >= 11 is 0. The van der Waals surface area contributed by atoms with E-state index in [0.29, 0.717) is 11.3 Å². The summed E-state index contributed by atoms with van der Waals surface area (Å²) in [6, 6.07) is 5.71. The molecule has 5 nitrogen and oxygen atoms in total. The van der Waals surface area contributed by atoms with Crippen LogP contribution in [0.2, 0.25) is 0 Å². The van der Waals surface area contributed by atoms with Gasteiger partial charge in [-0.25, -0.2) is 0 Å². The molecule has 111 valence electrons. The monoisotopic (exact) mass is 286 g/mol. The molecule has 2 fully saturated rings. The van der Waals surface area contributed by atoms with Crippen molar-refractivity contribution in [2.24, 2.45) is 5.11 Å². The zero-order valence-electron chi connectivity index (χ0n) is 12.3. The van der Waals surface area contributed by atoms with Crippen molar-refractivity contribution in [1.82, 2.24) is 4.90 Å². The normalized spacial score (nSPS) is 18.9. The Morgan fingerprint density at radius 1 is 1.00 bits per heavy atom. The number of likely N-dealkylation sites (tertiary alicyclic amines) is 1. The van der Waals surface area contributed by atoms with Gasteiger partial charge in [-0.05, 0) is 50.3 Å². The van der Waals surface area contributed by atoms with Crippen molar-refractivity contribution in [1.29, 1.82) is 0 Å². The first-order valence-corrected chi connectivity index (χ1v) is 7.85. The van der Waals surface area contributed by atoms with E-state index in [-0.39, 0.29) is 5.91 Å². The van der Waals surface area contributed by atoms with Gasteiger partial charge in [0.05, 0.1) is 10.7 Å². The predicted octanol–water partition coefficient (Wildman–Crippen LogP) is 1.54. The highest BCUT2D eigenvalue weighted by molar-refractivity contribution is 6.00. The fourth-order valence-electron chi connectivity index (χ4n) is 3.23. The molecule has 5 heteroatoms. The molecule has 0 unspecified atom stereocenters. The quantitative estimate of drug-likeness (QED) is 0.857. The number of rotatable bonds is 3. The van der Waals surface area contributed by atoms with Crippen LogP contribution >= 0.6 is 0 Å². The molecular weight excluding hydrogens is 264 g/mol. The molecule has 0 aliphatic carbocycles. The molecule has 1 aromatic rings. The lowest BCUT2D eigenvalue weighted by atomic mass is 10.1. The van der Waals surface area contributed by atoms with Crippen LogP contribution in [0.5, 0.6) is 0 Å². The van der Waals surface area contributed by atoms with Gasteiger partial charge in [-0.3, -0.25) is 4.79 Å². The number of carbonyl (C=O) groups is 1. The summed E-state index contributed by atoms with van der Waals surface area (Å²) in [4.78, 5) is 16.9. The number of benzene rings is 1. The molecular formula is C16H22N4O+. The summed E-state index contributed by atoms with van der Waals surface area (Å²) in [6.45, 7) is 3.75. The van der Waals surface area contributed by atoms with E-state index in [2.05, 4.69) is 10.0 Å². The SMILES string of the molecule is [NH+]=Nc1ccc(N2CCCC2)cc1C(=O)N1CCCCC1. The highest BCUT2D eigenvalue weighted by Crippen LogP contribution is 2.28. The molecule has 2 saturated heterocycles. The lowest BCUT2D eigenvalue weighted by Gasteiger charge is -2.27. The molecule has 2 aliphatic heterocycles. The molecule has 0 saturated carbocycles. The number of hydrogen-bond donors (Lipinski definition) is 1. The van der Waals surface area contributed by atoms with Crippen LogP contribution in [-0.4, -0.2) is 37.0 Å². The van der Waals surface area contributed by atoms with Gasteiger partial charge in [-0.2, -0.15) is 0 Å². The third kappa shape index (κ3) is 2.91. The molecule has 1 amide bonds. The Hall–Kier alpha value is -1.91. The average Bonchev–Trinajstić information content (AvgIpc) is 3.09. The van der Waals surface area contributed by atoms with Gasteiger partial charge in [0, 0.05) is 31.9 Å². The number of nitrogens with zero attached hydrogens (tertiary/aromatic N) is 3. The van der Waals surface area contributed by atoms with Crippen LogP contribution in [0, 0.1) is 0 Å². The summed E-state index contributed by atoms with van der Waals surface area (Å²) in [7, 11) is 0. The number of anilines is 1. The molecule has 1 aromatic carbocycles. The number of hydrogen-bond acceptors (Lipinski definition) is 4. The van der Waals surface area contributed by atoms with Crippen molar-refractivity contribution in [3.8, 4) is 0 Å². The predicted molar refractivity (Wildman–Crippen MR) is 80.7 cm³/mol. The van der Waals surface area contributed by atoms with Gasteiger partial charge in [-0.1, -0.05) is 0 Å². The third-order valence-electron chi connectivity index (χ3n) is 4.45. The van der Waals surface area contributed by atoms with Crippen molar-refractivity contribution in [2.45, 2.75) is 32.1 Å². The Labute approximate surface area is 125 Å². The van der Waals surface area contributed by atoms with Crippen LogP contribution in [0.25, 0.3) is 0 Å². The first-order valence-electron chi connectivity index (χ1n) is 7.85. The van der Waals surface area contributed by atoms with E-state index in [0.717, 1.165) is 44.7 Å². The second-order valence-electron chi connectivity index (χ2n) is 5.86. The van der Waals surface area contributed by atoms with Gasteiger partial charge in [0.25, 0.3) is 5.91 Å². The summed E-state index contributed by atoms with van der Waals surface area (Å²) < 4.78 is 0. The summed E-state index contributed by atoms with van der Waals surface area (Å²) in [5.74, 6) is 0.0294. The van der Waals surface area contributed by atoms with E-state index in [9.17, 15) is 4.79 Å². The van der Waals surface area contributed by atoms with E-state index in [4.69, 9.17) is 5.53 Å². The van der Waals surface area contributed by atoms with Crippen LogP contribution in [0.1, 0.15) is 42.5 Å². The maximum absolute atomic E-state index is 12.7. The van der Waals surface area contributed by atoms with Crippen LogP contribution in [0.4, 0.5) is 11.4 Å². The first-order chi connectivity index (χ1) is 10.3. The van der Waals surface area contributed by atoms with E-state index in [1.54, 1.807) is 6.07 Å². The Kier molecular flexibility index (Phi) is 4.18. The minimum atomic E-state index is 0.0294. The molecule has 21 heavy (non-hydrogen) atoms. The second-order valence-corrected chi connectivity index (χ2v) is 5.86.